The van der Waals surface area contributed by atoms with Gasteiger partial charge in [0, 0.05) is 87.1 Å². The Bertz CT molecular complexity index is 6280. The molecular formula is C77H48B3N5O5. The minimum absolute atomic E-state index is 0.00744. The first-order valence-corrected chi connectivity index (χ1v) is 27.9. The van der Waals surface area contributed by atoms with E-state index in [-0.39, 0.29) is 80.2 Å². The average molecular weight is 1190 g/mol. The molecule has 0 spiro atoms. The molecule has 0 atom stereocenters. The van der Waals surface area contributed by atoms with Gasteiger partial charge in [0.25, 0.3) is 20.1 Å². The lowest BCUT2D eigenvalue weighted by molar-refractivity contribution is 0.448. The molecule has 90 heavy (non-hydrogen) atoms. The van der Waals surface area contributed by atoms with E-state index in [1.165, 1.54) is 36.4 Å². The van der Waals surface area contributed by atoms with Crippen molar-refractivity contribution in [3.8, 4) is 57.6 Å². The summed E-state index contributed by atoms with van der Waals surface area (Å²) in [6.45, 7) is -2.82. The molecule has 6 aliphatic heterocycles. The van der Waals surface area contributed by atoms with Crippen molar-refractivity contribution in [1.29, 1.82) is 0 Å². The Morgan fingerprint density at radius 2 is 0.622 bits per heavy atom. The van der Waals surface area contributed by atoms with Gasteiger partial charge in [-0.2, -0.15) is 4.98 Å². The van der Waals surface area contributed by atoms with Gasteiger partial charge < -0.3 is 43.7 Å². The van der Waals surface area contributed by atoms with Gasteiger partial charge in [0.15, 0.2) is 0 Å². The molecule has 420 valence electrons. The summed E-state index contributed by atoms with van der Waals surface area (Å²) in [5.74, 6) is 0.599. The molecule has 13 aromatic rings. The highest BCUT2D eigenvalue weighted by Gasteiger charge is 2.48. The van der Waals surface area contributed by atoms with Crippen LogP contribution in [0, 0.1) is 0 Å². The Kier molecular flexibility index (Phi) is 6.46. The van der Waals surface area contributed by atoms with Crippen LogP contribution in [-0.2, 0) is 0 Å². The fraction of sp³-hybridized carbons (Fsp3) is 0. The molecule has 0 fully saturated rings. The number of pyridine rings is 1. The fourth-order valence-electron chi connectivity index (χ4n) is 12.9. The molecule has 0 unspecified atom stereocenters. The smallest absolute Gasteiger partial charge is 0.262 e. The minimum atomic E-state index is -1.09. The van der Waals surface area contributed by atoms with Crippen LogP contribution in [0.1, 0.15) is 41.1 Å². The molecule has 6 aliphatic rings. The second-order valence-electron chi connectivity index (χ2n) is 21.2. The number of fused-ring (bicyclic) bond motifs is 12. The van der Waals surface area contributed by atoms with Gasteiger partial charge in [0.2, 0.25) is 5.88 Å². The average Bonchev–Trinajstić information content (AvgIpc) is 0.697. The van der Waals surface area contributed by atoms with Gasteiger partial charge in [0.05, 0.1) is 58.2 Å². The van der Waals surface area contributed by atoms with E-state index >= 15 is 0 Å². The number of aromatic nitrogens is 1. The highest BCUT2D eigenvalue weighted by Crippen LogP contribution is 2.48. The highest BCUT2D eigenvalue weighted by molar-refractivity contribution is 7.02. The summed E-state index contributed by atoms with van der Waals surface area (Å²) in [7, 11) is 0. The summed E-state index contributed by atoms with van der Waals surface area (Å²) < 4.78 is 305. The molecule has 13 heteroatoms. The maximum absolute atomic E-state index is 9.44. The molecule has 12 aromatic carbocycles. The van der Waals surface area contributed by atoms with Crippen molar-refractivity contribution in [2.45, 2.75) is 0 Å². The molecule has 0 aliphatic carbocycles. The third-order valence-electron chi connectivity index (χ3n) is 16.4. The number of nitrogens with zero attached hydrogens (tertiary/aromatic N) is 4. The third-order valence-corrected chi connectivity index (χ3v) is 16.4. The Morgan fingerprint density at radius 1 is 0.289 bits per heavy atom. The molecule has 0 amide bonds. The number of para-hydroxylation sites is 8. The monoisotopic (exact) mass is 1190 g/mol. The van der Waals surface area contributed by atoms with Gasteiger partial charge in [0.1, 0.15) is 57.6 Å². The molecule has 1 N–H and O–H groups in total. The minimum Gasteiger partial charge on any atom is -0.458 e. The van der Waals surface area contributed by atoms with Crippen LogP contribution in [0.25, 0.3) is 0 Å². The predicted octanol–water partition coefficient (Wildman–Crippen LogP) is 13.6. The summed E-state index contributed by atoms with van der Waals surface area (Å²) in [5, 5.41) is 3.42. The maximum Gasteiger partial charge on any atom is 0.262 e. The van der Waals surface area contributed by atoms with Crippen LogP contribution in [0.4, 0.5) is 62.7 Å². The van der Waals surface area contributed by atoms with E-state index in [2.05, 4.69) is 5.32 Å². The molecule has 10 nitrogen and oxygen atoms in total. The van der Waals surface area contributed by atoms with Crippen molar-refractivity contribution in [3.63, 3.8) is 0 Å². The van der Waals surface area contributed by atoms with Crippen LogP contribution in [-0.4, -0.2) is 25.1 Å². The first-order chi connectivity index (χ1) is 57.0. The summed E-state index contributed by atoms with van der Waals surface area (Å²) in [4.78, 5) is 8.19. The first kappa shape index (κ1) is 29.3. The first-order valence-electron chi connectivity index (χ1n) is 42.9. The van der Waals surface area contributed by atoms with Gasteiger partial charge in [-0.25, -0.2) is 0 Å². The number of anilines is 11. The van der Waals surface area contributed by atoms with E-state index in [9.17, 15) is 16.4 Å². The number of ether oxygens (including phenoxy) is 5. The summed E-state index contributed by atoms with van der Waals surface area (Å²) in [6, 6.07) is 3.12. The zero-order chi connectivity index (χ0) is 85.1. The zero-order valence-corrected chi connectivity index (χ0v) is 45.9. The van der Waals surface area contributed by atoms with Crippen LogP contribution in [0.15, 0.2) is 284 Å². The Hall–Kier alpha value is -11.8. The van der Waals surface area contributed by atoms with Crippen LogP contribution < -0.4 is 92.9 Å². The molecule has 0 bridgehead atoms. The van der Waals surface area contributed by atoms with Crippen molar-refractivity contribution < 1.29 is 64.8 Å². The van der Waals surface area contributed by atoms with Crippen molar-refractivity contribution in [3.05, 3.63) is 284 Å². The number of hydrogen-bond donors (Lipinski definition) is 1. The van der Waals surface area contributed by atoms with Crippen LogP contribution >= 0.6 is 0 Å². The predicted molar refractivity (Wildman–Crippen MR) is 365 cm³/mol. The second-order valence-corrected chi connectivity index (χ2v) is 21.2. The van der Waals surface area contributed by atoms with Crippen molar-refractivity contribution in [2.75, 3.05) is 20.0 Å². The normalized spacial score (nSPS) is 17.8. The number of rotatable bonds is 9. The fourth-order valence-corrected chi connectivity index (χ4v) is 12.9. The van der Waals surface area contributed by atoms with Crippen molar-refractivity contribution >= 4 is 132 Å². The largest absolute Gasteiger partial charge is 0.458 e. The molecular weight excluding hydrogens is 1110 g/mol. The second kappa shape index (κ2) is 19.9. The van der Waals surface area contributed by atoms with E-state index in [1.807, 2.05) is 24.3 Å². The number of benzene rings is 12. The summed E-state index contributed by atoms with van der Waals surface area (Å²) in [6.07, 6.45) is 0. The van der Waals surface area contributed by atoms with Crippen molar-refractivity contribution in [2.24, 2.45) is 0 Å². The maximum atomic E-state index is 9.44. The van der Waals surface area contributed by atoms with E-state index in [0.717, 1.165) is 14.7 Å². The Morgan fingerprint density at radius 3 is 1.04 bits per heavy atom. The van der Waals surface area contributed by atoms with Gasteiger partial charge in [-0.05, 0) is 129 Å². The number of hydrogen-bond acceptors (Lipinski definition) is 10. The lowest BCUT2D eigenvalue weighted by Crippen LogP contribution is -2.63. The van der Waals surface area contributed by atoms with E-state index < -0.39 is 236 Å². The Balaban J connectivity index is 0.858. The quantitative estimate of drug-likeness (QED) is 0.141. The van der Waals surface area contributed by atoms with E-state index in [4.69, 9.17) is 53.3 Å². The third kappa shape index (κ3) is 7.85. The molecule has 1 aromatic heterocycles. The molecule has 0 radical (unpaired) electrons. The lowest BCUT2D eigenvalue weighted by atomic mass is 9.30. The van der Waals surface area contributed by atoms with Gasteiger partial charge >= 0.3 is 0 Å². The standard InChI is InChI=1S/C77H48B3N5O5/c1-7-23-48(24-8-1)83(49-25-9-2-10-26-49)54-39-63-73-68(40-54)86-65-38-22-20-36-58(65)79(73)61-46-62-77(82-76(61)81-63)90-72-44-56(85(52-31-15-5-16-32-52)53-33-17-6-18-34-53)43-71-75(72)80(62)60-45-59-66(47-67(60)89-71)88-70-42-55(41-69-74(70)78(59)57-35-19-21-37-64(57)87-69)84(50-27-11-3-12-28-50)51-29-13-4-14-30-51/h1-47H,(H,81,82)/i1D,2D,3D,4D,5D,6D,7D,8D,9D,10D,11D,12D,13D,14D,15D,16D,17D,18D,23D,24D,25D,26D,27D,28D,29D,30D,31D,32D,33D,34D. The topological polar surface area (TPSA) is 80.8 Å². The van der Waals surface area contributed by atoms with Crippen LogP contribution in [0.5, 0.6) is 57.6 Å². The molecule has 7 heterocycles. The van der Waals surface area contributed by atoms with Gasteiger partial charge in [-0.15, -0.1) is 0 Å². The van der Waals surface area contributed by atoms with Crippen molar-refractivity contribution in [1.82, 2.24) is 4.98 Å². The molecule has 0 saturated carbocycles. The van der Waals surface area contributed by atoms with E-state index in [1.54, 1.807) is 42.5 Å². The highest BCUT2D eigenvalue weighted by atomic mass is 16.5. The number of nitrogens with one attached hydrogen (secondary N) is 1. The summed E-state index contributed by atoms with van der Waals surface area (Å²) >= 11 is 0. The van der Waals surface area contributed by atoms with Gasteiger partial charge in [-0.3, -0.25) is 0 Å². The summed E-state index contributed by atoms with van der Waals surface area (Å²) in [5.41, 5.74) is -0.204. The van der Waals surface area contributed by atoms with E-state index in [0.29, 0.717) is 55.2 Å². The van der Waals surface area contributed by atoms with Crippen LogP contribution in [0.3, 0.4) is 0 Å². The van der Waals surface area contributed by atoms with Gasteiger partial charge in [-0.1, -0.05) is 157 Å². The zero-order valence-electron chi connectivity index (χ0n) is 75.9. The molecule has 0 saturated heterocycles. The lowest BCUT2D eigenvalue weighted by Gasteiger charge is -2.38. The van der Waals surface area contributed by atoms with Crippen LogP contribution in [0.2, 0.25) is 0 Å². The SMILES string of the molecule is [2H]c1c([2H])c([2H])c(N(c2cc3c4c(c2)Oc2ccccc2B4c2cc4c(nc2N3)Oc2cc(N(c3c([2H])c([2H])c([2H])c([2H])c3[2H])c3c([2H])c([2H])c([2H])c([2H])c3[2H])cc3c2B4c2cc4c(cc2O3)Oc2cc(N(c3c([2H])c([2H])c([2H])c([2H])c3[2H])c3c([2H])c([2H])c([2H])c([2H])c3[2H])cc3c2B4c2ccccc2O3)c2c([2H])c([2H])c([2H])c([2H])c2[2H])c([2H])c1[2H]. The Labute approximate surface area is 562 Å². The molecule has 19 rings (SSSR count).